The zero-order valence-electron chi connectivity index (χ0n) is 11.8. The highest BCUT2D eigenvalue weighted by Crippen LogP contribution is 2.24. The molecular formula is C17H17FN2O. The lowest BCUT2D eigenvalue weighted by Crippen LogP contribution is -2.38. The van der Waals surface area contributed by atoms with Crippen LogP contribution in [0, 0.1) is 12.7 Å². The third-order valence-electron chi connectivity index (χ3n) is 3.68. The molecular weight excluding hydrogens is 267 g/mol. The van der Waals surface area contributed by atoms with Crippen LogP contribution in [0.3, 0.4) is 0 Å². The molecule has 0 bridgehead atoms. The summed E-state index contributed by atoms with van der Waals surface area (Å²) in [4.78, 5) is 12.5. The summed E-state index contributed by atoms with van der Waals surface area (Å²) in [5, 5.41) is 6.01. The first-order valence-corrected chi connectivity index (χ1v) is 7.03. The molecule has 1 unspecified atom stereocenters. The predicted octanol–water partition coefficient (Wildman–Crippen LogP) is 2.96. The van der Waals surface area contributed by atoms with Gasteiger partial charge in [-0.15, -0.1) is 0 Å². The topological polar surface area (TPSA) is 41.1 Å². The van der Waals surface area contributed by atoms with Gasteiger partial charge in [0.25, 0.3) is 0 Å². The van der Waals surface area contributed by atoms with Crippen molar-refractivity contribution in [3.05, 3.63) is 65.0 Å². The fraction of sp³-hybridized carbons (Fsp3) is 0.235. The number of halogens is 1. The minimum atomic E-state index is -0.390. The largest absolute Gasteiger partial charge is 0.324 e. The first kappa shape index (κ1) is 13.8. The Bertz CT molecular complexity index is 664. The van der Waals surface area contributed by atoms with E-state index in [-0.39, 0.29) is 11.7 Å². The molecule has 2 N–H and O–H groups in total. The van der Waals surface area contributed by atoms with Gasteiger partial charge in [-0.05, 0) is 48.2 Å². The summed E-state index contributed by atoms with van der Waals surface area (Å²) in [6.45, 7) is 2.56. The first-order chi connectivity index (χ1) is 10.1. The van der Waals surface area contributed by atoms with Gasteiger partial charge in [0, 0.05) is 12.2 Å². The third kappa shape index (κ3) is 2.95. The smallest absolute Gasteiger partial charge is 0.246 e. The summed E-state index contributed by atoms with van der Waals surface area (Å²) in [5.74, 6) is -0.505. The van der Waals surface area contributed by atoms with Gasteiger partial charge in [0.1, 0.15) is 11.9 Å². The van der Waals surface area contributed by atoms with Crippen molar-refractivity contribution in [2.24, 2.45) is 0 Å². The van der Waals surface area contributed by atoms with Crippen molar-refractivity contribution in [1.29, 1.82) is 0 Å². The Morgan fingerprint density at radius 2 is 2.10 bits per heavy atom. The molecule has 1 heterocycles. The van der Waals surface area contributed by atoms with Crippen molar-refractivity contribution in [2.45, 2.75) is 19.4 Å². The van der Waals surface area contributed by atoms with Crippen LogP contribution >= 0.6 is 0 Å². The van der Waals surface area contributed by atoms with E-state index in [1.165, 1.54) is 17.7 Å². The van der Waals surface area contributed by atoms with E-state index in [2.05, 4.69) is 10.6 Å². The second-order valence-corrected chi connectivity index (χ2v) is 5.34. The van der Waals surface area contributed by atoms with Crippen molar-refractivity contribution in [1.82, 2.24) is 5.32 Å². The molecule has 1 aliphatic heterocycles. The van der Waals surface area contributed by atoms with Crippen molar-refractivity contribution in [3.8, 4) is 0 Å². The first-order valence-electron chi connectivity index (χ1n) is 7.03. The second kappa shape index (κ2) is 5.66. The zero-order valence-corrected chi connectivity index (χ0v) is 11.8. The van der Waals surface area contributed by atoms with Crippen LogP contribution in [0.5, 0.6) is 0 Å². The lowest BCUT2D eigenvalue weighted by molar-refractivity contribution is -0.118. The summed E-state index contributed by atoms with van der Waals surface area (Å²) < 4.78 is 13.4. The molecule has 21 heavy (non-hydrogen) atoms. The lowest BCUT2D eigenvalue weighted by atomic mass is 9.94. The highest BCUT2D eigenvalue weighted by Gasteiger charge is 2.25. The monoisotopic (exact) mass is 284 g/mol. The Morgan fingerprint density at radius 3 is 2.90 bits per heavy atom. The van der Waals surface area contributed by atoms with E-state index >= 15 is 0 Å². The van der Waals surface area contributed by atoms with E-state index in [9.17, 15) is 9.18 Å². The van der Waals surface area contributed by atoms with Crippen LogP contribution in [0.4, 0.5) is 10.1 Å². The van der Waals surface area contributed by atoms with Crippen molar-refractivity contribution < 1.29 is 9.18 Å². The Balaban J connectivity index is 1.83. The Morgan fingerprint density at radius 1 is 1.29 bits per heavy atom. The van der Waals surface area contributed by atoms with E-state index in [4.69, 9.17) is 0 Å². The number of rotatable bonds is 2. The van der Waals surface area contributed by atoms with Crippen LogP contribution in [-0.4, -0.2) is 12.5 Å². The molecule has 3 nitrogen and oxygen atoms in total. The Hall–Kier alpha value is -2.20. The maximum Gasteiger partial charge on any atom is 0.246 e. The lowest BCUT2D eigenvalue weighted by Gasteiger charge is -2.26. The maximum absolute atomic E-state index is 13.4. The number of aryl methyl sites for hydroxylation is 1. The molecule has 3 rings (SSSR count). The average molecular weight is 284 g/mol. The molecule has 1 amide bonds. The van der Waals surface area contributed by atoms with Gasteiger partial charge in [-0.2, -0.15) is 0 Å². The fourth-order valence-electron chi connectivity index (χ4n) is 2.76. The summed E-state index contributed by atoms with van der Waals surface area (Å²) in [5.41, 5.74) is 3.45. The normalized spacial score (nSPS) is 17.1. The maximum atomic E-state index is 13.4. The molecule has 0 aliphatic carbocycles. The molecule has 0 saturated heterocycles. The van der Waals surface area contributed by atoms with Gasteiger partial charge >= 0.3 is 0 Å². The third-order valence-corrected chi connectivity index (χ3v) is 3.68. The van der Waals surface area contributed by atoms with E-state index in [1.807, 2.05) is 24.3 Å². The van der Waals surface area contributed by atoms with Crippen molar-refractivity contribution in [2.75, 3.05) is 11.9 Å². The van der Waals surface area contributed by atoms with Gasteiger partial charge in [0.15, 0.2) is 0 Å². The number of fused-ring (bicyclic) bond motifs is 1. The fourth-order valence-corrected chi connectivity index (χ4v) is 2.76. The Labute approximate surface area is 123 Å². The van der Waals surface area contributed by atoms with Gasteiger partial charge in [-0.3, -0.25) is 4.79 Å². The highest BCUT2D eigenvalue weighted by molar-refractivity contribution is 5.96. The van der Waals surface area contributed by atoms with Crippen LogP contribution in [-0.2, 0) is 11.2 Å². The molecule has 2 aromatic carbocycles. The molecule has 0 saturated carbocycles. The van der Waals surface area contributed by atoms with Crippen LogP contribution in [0.15, 0.2) is 42.5 Å². The standard InChI is InChI=1S/C17H17FN2O/c1-11-8-13(18)10-14(9-11)20-17(21)16-15-5-3-2-4-12(15)6-7-19-16/h2-5,8-10,16,19H,6-7H2,1H3,(H,20,21). The SMILES string of the molecule is Cc1cc(F)cc(NC(=O)C2NCCc3ccccc32)c1. The van der Waals surface area contributed by atoms with Crippen LogP contribution in [0.1, 0.15) is 22.7 Å². The molecule has 0 fully saturated rings. The van der Waals surface area contributed by atoms with Gasteiger partial charge in [-0.25, -0.2) is 4.39 Å². The van der Waals surface area contributed by atoms with Gasteiger partial charge < -0.3 is 10.6 Å². The minimum Gasteiger partial charge on any atom is -0.324 e. The number of nitrogens with one attached hydrogen (secondary N) is 2. The molecule has 0 spiro atoms. The molecule has 1 aliphatic rings. The predicted molar refractivity (Wildman–Crippen MR) is 80.7 cm³/mol. The van der Waals surface area contributed by atoms with Crippen LogP contribution in [0.25, 0.3) is 0 Å². The Kier molecular flexibility index (Phi) is 3.71. The number of hydrogen-bond donors (Lipinski definition) is 2. The van der Waals surface area contributed by atoms with Gasteiger partial charge in [-0.1, -0.05) is 24.3 Å². The zero-order chi connectivity index (χ0) is 14.8. The summed E-state index contributed by atoms with van der Waals surface area (Å²) in [7, 11) is 0. The summed E-state index contributed by atoms with van der Waals surface area (Å²) in [6.07, 6.45) is 0.916. The quantitative estimate of drug-likeness (QED) is 0.890. The number of anilines is 1. The summed E-state index contributed by atoms with van der Waals surface area (Å²) >= 11 is 0. The molecule has 1 atom stereocenters. The molecule has 4 heteroatoms. The van der Waals surface area contributed by atoms with E-state index in [1.54, 1.807) is 13.0 Å². The number of benzene rings is 2. The van der Waals surface area contributed by atoms with E-state index in [0.29, 0.717) is 5.69 Å². The summed E-state index contributed by atoms with van der Waals surface area (Å²) in [6, 6.07) is 12.1. The van der Waals surface area contributed by atoms with Crippen LogP contribution < -0.4 is 10.6 Å². The molecule has 108 valence electrons. The number of carbonyl (C=O) groups excluding carboxylic acids is 1. The van der Waals surface area contributed by atoms with Gasteiger partial charge in [0.05, 0.1) is 0 Å². The minimum absolute atomic E-state index is 0.160. The number of carbonyl (C=O) groups is 1. The van der Waals surface area contributed by atoms with Gasteiger partial charge in [0.2, 0.25) is 5.91 Å². The van der Waals surface area contributed by atoms with Crippen molar-refractivity contribution >= 4 is 11.6 Å². The van der Waals surface area contributed by atoms with Crippen molar-refractivity contribution in [3.63, 3.8) is 0 Å². The molecule has 0 radical (unpaired) electrons. The second-order valence-electron chi connectivity index (χ2n) is 5.34. The van der Waals surface area contributed by atoms with E-state index < -0.39 is 6.04 Å². The highest BCUT2D eigenvalue weighted by atomic mass is 19.1. The average Bonchev–Trinajstić information content (AvgIpc) is 2.45. The van der Waals surface area contributed by atoms with Crippen LogP contribution in [0.2, 0.25) is 0 Å². The molecule has 2 aromatic rings. The number of hydrogen-bond acceptors (Lipinski definition) is 2. The molecule has 0 aromatic heterocycles. The van der Waals surface area contributed by atoms with E-state index in [0.717, 1.165) is 24.1 Å². The number of amides is 1.